The van der Waals surface area contributed by atoms with Gasteiger partial charge < -0.3 is 20.1 Å². The third-order valence-corrected chi connectivity index (χ3v) is 4.98. The highest BCUT2D eigenvalue weighted by Gasteiger charge is 2.26. The van der Waals surface area contributed by atoms with Gasteiger partial charge >= 0.3 is 0 Å². The van der Waals surface area contributed by atoms with E-state index in [1.807, 2.05) is 11.0 Å². The number of hydrogen-bond donors (Lipinski definition) is 1. The summed E-state index contributed by atoms with van der Waals surface area (Å²) in [7, 11) is 1.52. The molecule has 0 spiro atoms. The molecule has 1 unspecified atom stereocenters. The number of unbranched alkanes of at least 4 members (excludes halogenated alkanes) is 1. The Labute approximate surface area is 170 Å². The first-order valence-electron chi connectivity index (χ1n) is 9.88. The van der Waals surface area contributed by atoms with Gasteiger partial charge in [-0.05, 0) is 42.3 Å². The van der Waals surface area contributed by atoms with E-state index in [2.05, 4.69) is 13.0 Å². The number of methoxy groups -OCH3 is 1. The van der Waals surface area contributed by atoms with Crippen LogP contribution >= 0.6 is 0 Å². The number of carbonyl (C=O) groups excluding carboxylic acids is 1. The van der Waals surface area contributed by atoms with E-state index in [1.165, 1.54) is 19.2 Å². The highest BCUT2D eigenvalue weighted by Crippen LogP contribution is 2.34. The Balaban J connectivity index is 1.85. The van der Waals surface area contributed by atoms with Crippen molar-refractivity contribution in [3.63, 3.8) is 0 Å². The van der Waals surface area contributed by atoms with Gasteiger partial charge in [0.2, 0.25) is 0 Å². The van der Waals surface area contributed by atoms with Crippen molar-refractivity contribution >= 4 is 5.91 Å². The number of nitrogens with two attached hydrogens (primary N) is 1. The minimum absolute atomic E-state index is 0.0644. The third kappa shape index (κ3) is 4.95. The van der Waals surface area contributed by atoms with Crippen LogP contribution in [0.1, 0.15) is 42.1 Å². The molecule has 1 amide bonds. The summed E-state index contributed by atoms with van der Waals surface area (Å²) in [4.78, 5) is 14.9. The van der Waals surface area contributed by atoms with Crippen LogP contribution in [0.4, 0.5) is 4.39 Å². The number of benzene rings is 2. The minimum atomic E-state index is -0.434. The average Bonchev–Trinajstić information content (AvgIpc) is 3.19. The van der Waals surface area contributed by atoms with Crippen molar-refractivity contribution < 1.29 is 18.7 Å². The van der Waals surface area contributed by atoms with Gasteiger partial charge in [0, 0.05) is 24.7 Å². The molecule has 1 aliphatic heterocycles. The van der Waals surface area contributed by atoms with Crippen molar-refractivity contribution in [2.24, 2.45) is 5.73 Å². The molecule has 1 heterocycles. The molecule has 0 saturated carbocycles. The molecule has 0 aliphatic carbocycles. The second kappa shape index (κ2) is 9.56. The van der Waals surface area contributed by atoms with Crippen molar-refractivity contribution in [1.29, 1.82) is 0 Å². The zero-order chi connectivity index (χ0) is 20.8. The Morgan fingerprint density at radius 1 is 1.24 bits per heavy atom. The maximum absolute atomic E-state index is 13.8. The predicted octanol–water partition coefficient (Wildman–Crippen LogP) is 4.66. The Morgan fingerprint density at radius 3 is 2.79 bits per heavy atom. The van der Waals surface area contributed by atoms with Gasteiger partial charge in [-0.2, -0.15) is 0 Å². The van der Waals surface area contributed by atoms with Gasteiger partial charge in [0.15, 0.2) is 11.5 Å². The second-order valence-corrected chi connectivity index (χ2v) is 7.06. The molecule has 2 aromatic rings. The smallest absolute Gasteiger partial charge is 0.254 e. The average molecular weight is 398 g/mol. The molecule has 6 heteroatoms. The van der Waals surface area contributed by atoms with E-state index in [1.54, 1.807) is 24.3 Å². The van der Waals surface area contributed by atoms with Gasteiger partial charge in [-0.25, -0.2) is 4.39 Å². The molecule has 3 rings (SSSR count). The molecule has 2 aromatic carbocycles. The lowest BCUT2D eigenvalue weighted by Gasteiger charge is -2.25. The molecule has 1 atom stereocenters. The summed E-state index contributed by atoms with van der Waals surface area (Å²) in [5.74, 6) is 0.616. The Morgan fingerprint density at radius 2 is 2.07 bits per heavy atom. The summed E-state index contributed by atoms with van der Waals surface area (Å²) in [5, 5.41) is 0. The van der Waals surface area contributed by atoms with Gasteiger partial charge in [-0.1, -0.05) is 31.9 Å². The zero-order valence-corrected chi connectivity index (χ0v) is 16.9. The molecule has 0 saturated heterocycles. The fourth-order valence-electron chi connectivity index (χ4n) is 3.45. The topological polar surface area (TPSA) is 64.8 Å². The van der Waals surface area contributed by atoms with Crippen LogP contribution in [-0.2, 0) is 6.54 Å². The summed E-state index contributed by atoms with van der Waals surface area (Å²) < 4.78 is 25.0. The maximum Gasteiger partial charge on any atom is 0.254 e. The number of carbonyl (C=O) groups is 1. The molecule has 29 heavy (non-hydrogen) atoms. The number of rotatable bonds is 8. The van der Waals surface area contributed by atoms with E-state index >= 15 is 0 Å². The van der Waals surface area contributed by atoms with Crippen molar-refractivity contribution in [2.45, 2.75) is 38.8 Å². The minimum Gasteiger partial charge on any atom is -0.493 e. The molecule has 0 bridgehead atoms. The molecular formula is C23H27FN2O3. The standard InChI is InChI=1S/C23H27FN2O3/c1-3-4-6-19-7-5-10-26(19)23(27)17-8-9-21(28-2)22(13-17)29-20-12-16(15-25)11-18(24)14-20/h5,7-9,11-14,19H,3-4,6,10,15,25H2,1-2H3. The summed E-state index contributed by atoms with van der Waals surface area (Å²) in [5.41, 5.74) is 6.74. The lowest BCUT2D eigenvalue weighted by atomic mass is 10.1. The summed E-state index contributed by atoms with van der Waals surface area (Å²) in [6.07, 6.45) is 7.23. The summed E-state index contributed by atoms with van der Waals surface area (Å²) >= 11 is 0. The SMILES string of the molecule is CCCCC1C=CCN1C(=O)c1ccc(OC)c(Oc2cc(F)cc(CN)c2)c1. The Bertz CT molecular complexity index is 898. The molecule has 0 aromatic heterocycles. The second-order valence-electron chi connectivity index (χ2n) is 7.06. The van der Waals surface area contributed by atoms with Crippen LogP contribution in [-0.4, -0.2) is 30.5 Å². The molecule has 0 radical (unpaired) electrons. The molecule has 5 nitrogen and oxygen atoms in total. The van der Waals surface area contributed by atoms with Crippen molar-refractivity contribution in [3.05, 3.63) is 65.5 Å². The third-order valence-electron chi connectivity index (χ3n) is 4.98. The number of nitrogens with zero attached hydrogens (tertiary/aromatic N) is 1. The fourth-order valence-corrected chi connectivity index (χ4v) is 3.45. The quantitative estimate of drug-likeness (QED) is 0.657. The Hall–Kier alpha value is -2.86. The van der Waals surface area contributed by atoms with Crippen LogP contribution in [0, 0.1) is 5.82 Å². The molecule has 2 N–H and O–H groups in total. The number of hydrogen-bond acceptors (Lipinski definition) is 4. The summed E-state index contributed by atoms with van der Waals surface area (Å²) in [6, 6.07) is 9.48. The van der Waals surface area contributed by atoms with E-state index in [-0.39, 0.29) is 18.5 Å². The number of halogens is 1. The van der Waals surface area contributed by atoms with Crippen molar-refractivity contribution in [2.75, 3.05) is 13.7 Å². The molecule has 154 valence electrons. The van der Waals surface area contributed by atoms with Gasteiger partial charge in [0.05, 0.1) is 13.2 Å². The number of amides is 1. The van der Waals surface area contributed by atoms with E-state index in [0.29, 0.717) is 34.9 Å². The van der Waals surface area contributed by atoms with Crippen LogP contribution in [0.15, 0.2) is 48.6 Å². The highest BCUT2D eigenvalue weighted by atomic mass is 19.1. The monoisotopic (exact) mass is 398 g/mol. The predicted molar refractivity (Wildman–Crippen MR) is 111 cm³/mol. The van der Waals surface area contributed by atoms with Gasteiger partial charge in [0.1, 0.15) is 11.6 Å². The summed E-state index contributed by atoms with van der Waals surface area (Å²) in [6.45, 7) is 2.94. The van der Waals surface area contributed by atoms with Crippen LogP contribution < -0.4 is 15.2 Å². The van der Waals surface area contributed by atoms with E-state index < -0.39 is 5.82 Å². The lowest BCUT2D eigenvalue weighted by Crippen LogP contribution is -2.36. The lowest BCUT2D eigenvalue weighted by molar-refractivity contribution is 0.0743. The van der Waals surface area contributed by atoms with Crippen molar-refractivity contribution in [1.82, 2.24) is 4.90 Å². The van der Waals surface area contributed by atoms with E-state index in [4.69, 9.17) is 15.2 Å². The normalized spacial score (nSPS) is 15.6. The fraction of sp³-hybridized carbons (Fsp3) is 0.348. The van der Waals surface area contributed by atoms with Gasteiger partial charge in [-0.15, -0.1) is 0 Å². The van der Waals surface area contributed by atoms with Crippen LogP contribution in [0.3, 0.4) is 0 Å². The molecule has 1 aliphatic rings. The largest absolute Gasteiger partial charge is 0.493 e. The van der Waals surface area contributed by atoms with Crippen LogP contribution in [0.2, 0.25) is 0 Å². The van der Waals surface area contributed by atoms with Crippen LogP contribution in [0.25, 0.3) is 0 Å². The first kappa shape index (κ1) is 20.9. The maximum atomic E-state index is 13.8. The van der Waals surface area contributed by atoms with E-state index in [0.717, 1.165) is 19.3 Å². The van der Waals surface area contributed by atoms with E-state index in [9.17, 15) is 9.18 Å². The molecule has 0 fully saturated rings. The van der Waals surface area contributed by atoms with Gasteiger partial charge in [-0.3, -0.25) is 4.79 Å². The zero-order valence-electron chi connectivity index (χ0n) is 16.9. The molecular weight excluding hydrogens is 371 g/mol. The van der Waals surface area contributed by atoms with Crippen LogP contribution in [0.5, 0.6) is 17.2 Å². The van der Waals surface area contributed by atoms with Gasteiger partial charge in [0.25, 0.3) is 5.91 Å². The Kier molecular flexibility index (Phi) is 6.88. The number of ether oxygens (including phenoxy) is 2. The first-order chi connectivity index (χ1) is 14.0. The highest BCUT2D eigenvalue weighted by molar-refractivity contribution is 5.95. The van der Waals surface area contributed by atoms with Crippen molar-refractivity contribution in [3.8, 4) is 17.2 Å². The first-order valence-corrected chi connectivity index (χ1v) is 9.88.